The molecule has 3 nitrogen and oxygen atoms in total. The van der Waals surface area contributed by atoms with Crippen LogP contribution in [0, 0.1) is 0 Å². The average Bonchev–Trinajstić information content (AvgIpc) is 2.44. The summed E-state index contributed by atoms with van der Waals surface area (Å²) in [5, 5.41) is 3.61. The standard InChI is InChI=1S/C16H22BrNO2/c1-19-15-10-11(17)9-13(14-7-2-3-8-18-14)16(15)20-12-5-4-6-12/h9-10,12,14,18H,2-8H2,1H3. The van der Waals surface area contributed by atoms with Gasteiger partial charge in [-0.1, -0.05) is 22.4 Å². The molecule has 4 heteroatoms. The molecule has 0 radical (unpaired) electrons. The summed E-state index contributed by atoms with van der Waals surface area (Å²) in [5.41, 5.74) is 1.24. The summed E-state index contributed by atoms with van der Waals surface area (Å²) in [5.74, 6) is 1.79. The van der Waals surface area contributed by atoms with Crippen molar-refractivity contribution in [3.63, 3.8) is 0 Å². The van der Waals surface area contributed by atoms with Crippen molar-refractivity contribution >= 4 is 15.9 Å². The third kappa shape index (κ3) is 2.96. The van der Waals surface area contributed by atoms with E-state index < -0.39 is 0 Å². The molecule has 3 rings (SSSR count). The molecule has 1 heterocycles. The van der Waals surface area contributed by atoms with Crippen LogP contribution in [0.25, 0.3) is 0 Å². The van der Waals surface area contributed by atoms with E-state index in [0.29, 0.717) is 12.1 Å². The van der Waals surface area contributed by atoms with E-state index >= 15 is 0 Å². The predicted molar refractivity (Wildman–Crippen MR) is 83.6 cm³/mol. The Balaban J connectivity index is 1.93. The summed E-state index contributed by atoms with van der Waals surface area (Å²) in [7, 11) is 1.72. The van der Waals surface area contributed by atoms with Gasteiger partial charge in [0.15, 0.2) is 11.5 Å². The molecule has 1 saturated heterocycles. The number of hydrogen-bond donors (Lipinski definition) is 1. The fourth-order valence-electron chi connectivity index (χ4n) is 2.90. The maximum absolute atomic E-state index is 6.23. The van der Waals surface area contributed by atoms with Gasteiger partial charge in [0.05, 0.1) is 13.2 Å². The maximum atomic E-state index is 6.23. The zero-order chi connectivity index (χ0) is 13.9. The first-order valence-electron chi connectivity index (χ1n) is 7.55. The Morgan fingerprint density at radius 1 is 1.15 bits per heavy atom. The van der Waals surface area contributed by atoms with E-state index in [4.69, 9.17) is 9.47 Å². The van der Waals surface area contributed by atoms with Gasteiger partial charge in [-0.3, -0.25) is 0 Å². The lowest BCUT2D eigenvalue weighted by Gasteiger charge is -2.31. The van der Waals surface area contributed by atoms with Gasteiger partial charge in [-0.15, -0.1) is 0 Å². The Hall–Kier alpha value is -0.740. The molecule has 1 N–H and O–H groups in total. The van der Waals surface area contributed by atoms with Gasteiger partial charge >= 0.3 is 0 Å². The van der Waals surface area contributed by atoms with Crippen LogP contribution in [0.5, 0.6) is 11.5 Å². The predicted octanol–water partition coefficient (Wildman–Crippen LogP) is 4.20. The van der Waals surface area contributed by atoms with Gasteiger partial charge in [0.2, 0.25) is 0 Å². The SMILES string of the molecule is COc1cc(Br)cc(C2CCCCN2)c1OC1CCC1. The minimum Gasteiger partial charge on any atom is -0.493 e. The molecule has 20 heavy (non-hydrogen) atoms. The summed E-state index contributed by atoms with van der Waals surface area (Å²) < 4.78 is 12.8. The number of halogens is 1. The lowest BCUT2D eigenvalue weighted by atomic mass is 9.94. The topological polar surface area (TPSA) is 30.5 Å². The van der Waals surface area contributed by atoms with Crippen LogP contribution in [0.3, 0.4) is 0 Å². The van der Waals surface area contributed by atoms with E-state index in [9.17, 15) is 0 Å². The molecule has 2 fully saturated rings. The molecule has 0 amide bonds. The highest BCUT2D eigenvalue weighted by Gasteiger charge is 2.26. The van der Waals surface area contributed by atoms with Crippen LogP contribution in [-0.4, -0.2) is 19.8 Å². The number of nitrogens with one attached hydrogen (secondary N) is 1. The van der Waals surface area contributed by atoms with E-state index in [1.165, 1.54) is 31.2 Å². The molecule has 1 aliphatic carbocycles. The summed E-state index contributed by atoms with van der Waals surface area (Å²) in [6.45, 7) is 1.09. The summed E-state index contributed by atoms with van der Waals surface area (Å²) in [6.07, 6.45) is 7.68. The van der Waals surface area contributed by atoms with Gasteiger partial charge < -0.3 is 14.8 Å². The van der Waals surface area contributed by atoms with Crippen molar-refractivity contribution in [1.82, 2.24) is 5.32 Å². The Labute approximate surface area is 129 Å². The van der Waals surface area contributed by atoms with Crippen LogP contribution in [0.1, 0.15) is 50.1 Å². The second kappa shape index (κ2) is 6.35. The number of methoxy groups -OCH3 is 1. The third-order valence-electron chi connectivity index (χ3n) is 4.29. The molecular weight excluding hydrogens is 318 g/mol. The van der Waals surface area contributed by atoms with Crippen LogP contribution < -0.4 is 14.8 Å². The first kappa shape index (κ1) is 14.2. The molecule has 1 aromatic carbocycles. The molecule has 1 aliphatic heterocycles. The summed E-state index contributed by atoms with van der Waals surface area (Å²) >= 11 is 3.59. The van der Waals surface area contributed by atoms with E-state index in [-0.39, 0.29) is 0 Å². The number of rotatable bonds is 4. The van der Waals surface area contributed by atoms with Crippen molar-refractivity contribution in [3.05, 3.63) is 22.2 Å². The van der Waals surface area contributed by atoms with Gasteiger partial charge in [-0.2, -0.15) is 0 Å². The largest absolute Gasteiger partial charge is 0.493 e. The second-order valence-electron chi connectivity index (χ2n) is 5.70. The highest BCUT2D eigenvalue weighted by Crippen LogP contribution is 2.42. The number of hydrogen-bond acceptors (Lipinski definition) is 3. The molecule has 2 aliphatic rings. The first-order chi connectivity index (χ1) is 9.78. The van der Waals surface area contributed by atoms with E-state index in [1.54, 1.807) is 7.11 Å². The van der Waals surface area contributed by atoms with Crippen LogP contribution in [-0.2, 0) is 0 Å². The summed E-state index contributed by atoms with van der Waals surface area (Å²) in [6, 6.07) is 4.56. The second-order valence-corrected chi connectivity index (χ2v) is 6.62. The average molecular weight is 340 g/mol. The lowest BCUT2D eigenvalue weighted by Crippen LogP contribution is -2.29. The van der Waals surface area contributed by atoms with Gasteiger partial charge in [0.1, 0.15) is 0 Å². The van der Waals surface area contributed by atoms with E-state index in [0.717, 1.165) is 35.4 Å². The summed E-state index contributed by atoms with van der Waals surface area (Å²) in [4.78, 5) is 0. The number of benzene rings is 1. The van der Waals surface area contributed by atoms with Crippen molar-refractivity contribution < 1.29 is 9.47 Å². The minimum atomic E-state index is 0.368. The first-order valence-corrected chi connectivity index (χ1v) is 8.34. The van der Waals surface area contributed by atoms with Gasteiger partial charge in [-0.25, -0.2) is 0 Å². The third-order valence-corrected chi connectivity index (χ3v) is 4.75. The van der Waals surface area contributed by atoms with Crippen molar-refractivity contribution in [2.24, 2.45) is 0 Å². The highest BCUT2D eigenvalue weighted by molar-refractivity contribution is 9.10. The Bertz CT molecular complexity index is 468. The Kier molecular flexibility index (Phi) is 4.51. The molecule has 1 aromatic rings. The normalized spacial score (nSPS) is 23.2. The van der Waals surface area contributed by atoms with Crippen LogP contribution in [0.2, 0.25) is 0 Å². The highest BCUT2D eigenvalue weighted by atomic mass is 79.9. The molecule has 0 bridgehead atoms. The number of ether oxygens (including phenoxy) is 2. The zero-order valence-electron chi connectivity index (χ0n) is 12.0. The van der Waals surface area contributed by atoms with E-state index in [2.05, 4.69) is 27.3 Å². The minimum absolute atomic E-state index is 0.368. The molecule has 1 unspecified atom stereocenters. The van der Waals surface area contributed by atoms with Gasteiger partial charge in [0, 0.05) is 16.1 Å². The van der Waals surface area contributed by atoms with Crippen molar-refractivity contribution in [1.29, 1.82) is 0 Å². The maximum Gasteiger partial charge on any atom is 0.166 e. The Morgan fingerprint density at radius 2 is 2.00 bits per heavy atom. The van der Waals surface area contributed by atoms with Gasteiger partial charge in [0.25, 0.3) is 0 Å². The van der Waals surface area contributed by atoms with Crippen LogP contribution >= 0.6 is 15.9 Å². The lowest BCUT2D eigenvalue weighted by molar-refractivity contribution is 0.113. The number of piperidine rings is 1. The molecule has 0 spiro atoms. The van der Waals surface area contributed by atoms with Crippen molar-refractivity contribution in [3.8, 4) is 11.5 Å². The van der Waals surface area contributed by atoms with Crippen molar-refractivity contribution in [2.75, 3.05) is 13.7 Å². The fourth-order valence-corrected chi connectivity index (χ4v) is 3.35. The monoisotopic (exact) mass is 339 g/mol. The molecule has 0 aromatic heterocycles. The quantitative estimate of drug-likeness (QED) is 0.891. The Morgan fingerprint density at radius 3 is 2.60 bits per heavy atom. The molecule has 110 valence electrons. The smallest absolute Gasteiger partial charge is 0.166 e. The molecule has 1 saturated carbocycles. The fraction of sp³-hybridized carbons (Fsp3) is 0.625. The zero-order valence-corrected chi connectivity index (χ0v) is 13.5. The van der Waals surface area contributed by atoms with Crippen LogP contribution in [0.4, 0.5) is 0 Å². The van der Waals surface area contributed by atoms with Gasteiger partial charge in [-0.05, 0) is 50.8 Å². The van der Waals surface area contributed by atoms with Crippen LogP contribution in [0.15, 0.2) is 16.6 Å². The van der Waals surface area contributed by atoms with Crippen molar-refractivity contribution in [2.45, 2.75) is 50.7 Å². The molecular formula is C16H22BrNO2. The van der Waals surface area contributed by atoms with E-state index in [1.807, 2.05) is 6.07 Å². The molecule has 1 atom stereocenters.